The van der Waals surface area contributed by atoms with E-state index in [4.69, 9.17) is 0 Å². The number of hydrogen-bond acceptors (Lipinski definition) is 4. The molecule has 0 radical (unpaired) electrons. The molecule has 4 heteroatoms. The molecule has 0 aliphatic heterocycles. The van der Waals surface area contributed by atoms with Crippen molar-refractivity contribution in [3.05, 3.63) is 71.3 Å². The Kier molecular flexibility index (Phi) is 4.42. The molecule has 4 rings (SSSR count). The molecular weight excluding hydrogens is 352 g/mol. The molecular formula is C24H28O4. The molecule has 0 bridgehead atoms. The van der Waals surface area contributed by atoms with Crippen molar-refractivity contribution in [2.75, 3.05) is 6.61 Å². The van der Waals surface area contributed by atoms with Crippen molar-refractivity contribution in [1.82, 2.24) is 0 Å². The van der Waals surface area contributed by atoms with Crippen LogP contribution in [0.4, 0.5) is 0 Å². The average Bonchev–Trinajstić information content (AvgIpc) is 2.69. The van der Waals surface area contributed by atoms with Gasteiger partial charge >= 0.3 is 0 Å². The Morgan fingerprint density at radius 1 is 1.07 bits per heavy atom. The maximum atomic E-state index is 11.7. The third-order valence-electron chi connectivity index (χ3n) is 7.12. The molecule has 2 aromatic rings. The molecule has 1 fully saturated rings. The van der Waals surface area contributed by atoms with Gasteiger partial charge in [-0.1, -0.05) is 49.4 Å². The first-order chi connectivity index (χ1) is 13.3. The Morgan fingerprint density at radius 3 is 2.43 bits per heavy atom. The van der Waals surface area contributed by atoms with E-state index in [-0.39, 0.29) is 23.7 Å². The van der Waals surface area contributed by atoms with Gasteiger partial charge in [0.25, 0.3) is 0 Å². The van der Waals surface area contributed by atoms with Crippen LogP contribution >= 0.6 is 0 Å². The molecule has 148 valence electrons. The van der Waals surface area contributed by atoms with E-state index >= 15 is 0 Å². The summed E-state index contributed by atoms with van der Waals surface area (Å²) in [6.07, 6.45) is 3.57. The SMILES string of the molecule is CCC12CC(C)(O)C(O)(c3ccccc3)CC1C=C(CO)c1cc(O)ccc12. The van der Waals surface area contributed by atoms with Crippen LogP contribution in [-0.4, -0.2) is 32.6 Å². The fourth-order valence-corrected chi connectivity index (χ4v) is 5.56. The van der Waals surface area contributed by atoms with Gasteiger partial charge in [0.2, 0.25) is 0 Å². The lowest BCUT2D eigenvalue weighted by Gasteiger charge is -2.58. The minimum atomic E-state index is -1.39. The molecule has 0 amide bonds. The first-order valence-corrected chi connectivity index (χ1v) is 9.93. The summed E-state index contributed by atoms with van der Waals surface area (Å²) in [5, 5.41) is 43.2. The summed E-state index contributed by atoms with van der Waals surface area (Å²) in [5.41, 5.74) is 0.244. The Bertz CT molecular complexity index is 917. The molecule has 4 atom stereocenters. The standard InChI is InChI=1S/C24H28O4/c1-3-23-15-22(2,27)24(28,17-7-5-4-6-8-17)13-18(23)11-16(14-25)20-12-19(26)9-10-21(20)23/h4-12,18,25-28H,3,13-15H2,1-2H3. The highest BCUT2D eigenvalue weighted by atomic mass is 16.4. The van der Waals surface area contributed by atoms with Gasteiger partial charge in [-0.05, 0) is 66.5 Å². The van der Waals surface area contributed by atoms with Gasteiger partial charge in [0.05, 0.1) is 12.2 Å². The number of aliphatic hydroxyl groups excluding tert-OH is 1. The number of rotatable bonds is 3. The average molecular weight is 380 g/mol. The number of fused-ring (bicyclic) bond motifs is 3. The van der Waals surface area contributed by atoms with E-state index in [0.717, 1.165) is 23.1 Å². The molecule has 0 aromatic heterocycles. The zero-order valence-corrected chi connectivity index (χ0v) is 16.4. The van der Waals surface area contributed by atoms with Gasteiger partial charge in [0, 0.05) is 5.41 Å². The molecule has 0 heterocycles. The molecule has 1 saturated carbocycles. The zero-order chi connectivity index (χ0) is 20.2. The molecule has 4 nitrogen and oxygen atoms in total. The summed E-state index contributed by atoms with van der Waals surface area (Å²) in [6, 6.07) is 14.6. The predicted octanol–water partition coefficient (Wildman–Crippen LogP) is 3.48. The molecule has 28 heavy (non-hydrogen) atoms. The number of phenols is 1. The van der Waals surface area contributed by atoms with Crippen molar-refractivity contribution in [3.8, 4) is 5.75 Å². The van der Waals surface area contributed by atoms with Gasteiger partial charge in [-0.3, -0.25) is 0 Å². The number of aliphatic hydroxyl groups is 3. The van der Waals surface area contributed by atoms with E-state index in [1.165, 1.54) is 0 Å². The third-order valence-corrected chi connectivity index (χ3v) is 7.12. The van der Waals surface area contributed by atoms with Gasteiger partial charge in [-0.25, -0.2) is 0 Å². The highest BCUT2D eigenvalue weighted by Gasteiger charge is 2.60. The first kappa shape index (κ1) is 19.2. The van der Waals surface area contributed by atoms with E-state index in [9.17, 15) is 20.4 Å². The number of aromatic hydroxyl groups is 1. The van der Waals surface area contributed by atoms with E-state index in [0.29, 0.717) is 18.4 Å². The summed E-state index contributed by atoms with van der Waals surface area (Å²) in [6.45, 7) is 3.69. The molecule has 0 saturated heterocycles. The van der Waals surface area contributed by atoms with Crippen molar-refractivity contribution < 1.29 is 20.4 Å². The normalized spacial score (nSPS) is 34.3. The second-order valence-electron chi connectivity index (χ2n) is 8.58. The minimum absolute atomic E-state index is 0.0397. The molecule has 2 aliphatic rings. The smallest absolute Gasteiger partial charge is 0.119 e. The highest BCUT2D eigenvalue weighted by molar-refractivity contribution is 5.74. The molecule has 0 spiro atoms. The van der Waals surface area contributed by atoms with Crippen LogP contribution < -0.4 is 0 Å². The summed E-state index contributed by atoms with van der Waals surface area (Å²) < 4.78 is 0. The van der Waals surface area contributed by atoms with Gasteiger partial charge in [-0.2, -0.15) is 0 Å². The molecule has 2 aliphatic carbocycles. The van der Waals surface area contributed by atoms with Crippen LogP contribution in [0.15, 0.2) is 54.6 Å². The largest absolute Gasteiger partial charge is 0.508 e. The monoisotopic (exact) mass is 380 g/mol. The van der Waals surface area contributed by atoms with Crippen LogP contribution in [0.3, 0.4) is 0 Å². The molecule has 4 N–H and O–H groups in total. The second-order valence-corrected chi connectivity index (χ2v) is 8.58. The Labute approximate surface area is 165 Å². The van der Waals surface area contributed by atoms with Crippen LogP contribution in [0.1, 0.15) is 49.8 Å². The maximum Gasteiger partial charge on any atom is 0.119 e. The lowest BCUT2D eigenvalue weighted by atomic mass is 9.49. The number of benzene rings is 2. The summed E-state index contributed by atoms with van der Waals surface area (Å²) in [4.78, 5) is 0. The van der Waals surface area contributed by atoms with Crippen LogP contribution in [0.25, 0.3) is 5.57 Å². The molecule has 4 unspecified atom stereocenters. The van der Waals surface area contributed by atoms with Gasteiger partial charge < -0.3 is 20.4 Å². The topological polar surface area (TPSA) is 80.9 Å². The highest BCUT2D eigenvalue weighted by Crippen LogP contribution is 2.60. The zero-order valence-electron chi connectivity index (χ0n) is 16.4. The second kappa shape index (κ2) is 6.45. The third kappa shape index (κ3) is 2.55. The van der Waals surface area contributed by atoms with E-state index in [1.54, 1.807) is 19.1 Å². The Morgan fingerprint density at radius 2 is 1.79 bits per heavy atom. The van der Waals surface area contributed by atoms with Crippen LogP contribution in [0, 0.1) is 5.92 Å². The predicted molar refractivity (Wildman–Crippen MR) is 109 cm³/mol. The van der Waals surface area contributed by atoms with Crippen LogP contribution in [0.5, 0.6) is 5.75 Å². The van der Waals surface area contributed by atoms with Crippen molar-refractivity contribution in [2.45, 2.75) is 49.7 Å². The van der Waals surface area contributed by atoms with Gasteiger partial charge in [0.1, 0.15) is 11.4 Å². The maximum absolute atomic E-state index is 11.7. The summed E-state index contributed by atoms with van der Waals surface area (Å²) in [5.74, 6) is 0.119. The van der Waals surface area contributed by atoms with Crippen molar-refractivity contribution in [2.24, 2.45) is 5.92 Å². The van der Waals surface area contributed by atoms with Crippen LogP contribution in [-0.2, 0) is 11.0 Å². The number of hydrogen-bond donors (Lipinski definition) is 4. The van der Waals surface area contributed by atoms with Crippen LogP contribution in [0.2, 0.25) is 0 Å². The fraction of sp³-hybridized carbons (Fsp3) is 0.417. The Balaban J connectivity index is 1.91. The quantitative estimate of drug-likeness (QED) is 0.657. The van der Waals surface area contributed by atoms with E-state index in [2.05, 4.69) is 6.92 Å². The number of allylic oxidation sites excluding steroid dienone is 1. The van der Waals surface area contributed by atoms with Gasteiger partial charge in [-0.15, -0.1) is 0 Å². The molecule has 2 aromatic carbocycles. The lowest BCUT2D eigenvalue weighted by molar-refractivity contribution is -0.198. The number of phenolic OH excluding ortho intramolecular Hbond substituents is 1. The summed E-state index contributed by atoms with van der Waals surface area (Å²) >= 11 is 0. The minimum Gasteiger partial charge on any atom is -0.508 e. The van der Waals surface area contributed by atoms with Gasteiger partial charge in [0.15, 0.2) is 0 Å². The van der Waals surface area contributed by atoms with Crippen molar-refractivity contribution in [1.29, 1.82) is 0 Å². The first-order valence-electron chi connectivity index (χ1n) is 9.93. The Hall–Kier alpha value is -2.14. The van der Waals surface area contributed by atoms with E-state index < -0.39 is 11.2 Å². The van der Waals surface area contributed by atoms with Crippen molar-refractivity contribution in [3.63, 3.8) is 0 Å². The van der Waals surface area contributed by atoms with Crippen molar-refractivity contribution >= 4 is 5.57 Å². The fourth-order valence-electron chi connectivity index (χ4n) is 5.56. The lowest BCUT2D eigenvalue weighted by Crippen LogP contribution is -2.61. The summed E-state index contributed by atoms with van der Waals surface area (Å²) in [7, 11) is 0. The van der Waals surface area contributed by atoms with E-state index in [1.807, 2.05) is 42.5 Å².